The van der Waals surface area contributed by atoms with Crippen molar-refractivity contribution in [3.8, 4) is 0 Å². The molecule has 0 bridgehead atoms. The lowest BCUT2D eigenvalue weighted by atomic mass is 9.85. The quantitative estimate of drug-likeness (QED) is 0.0621. The van der Waals surface area contributed by atoms with Crippen molar-refractivity contribution < 1.29 is 39.2 Å². The lowest BCUT2D eigenvalue weighted by Crippen LogP contribution is -2.25. The topological polar surface area (TPSA) is 145 Å². The average Bonchev–Trinajstić information content (AvgIpc) is 3.21. The zero-order chi connectivity index (χ0) is 30.7. The Balaban J connectivity index is 1.86. The third-order valence-corrected chi connectivity index (χ3v) is 7.65. The Morgan fingerprint density at radius 2 is 1.64 bits per heavy atom. The molecule has 0 unspecified atom stereocenters. The van der Waals surface area contributed by atoms with E-state index < -0.39 is 17.3 Å². The predicted octanol–water partition coefficient (Wildman–Crippen LogP) is 5.51. The highest BCUT2D eigenvalue weighted by Crippen LogP contribution is 2.39. The van der Waals surface area contributed by atoms with E-state index in [9.17, 15) is 29.9 Å². The van der Waals surface area contributed by atoms with Gasteiger partial charge in [-0.15, -0.1) is 10.1 Å². The molecule has 0 spiro atoms. The molecular formula is C32H49NO9. The summed E-state index contributed by atoms with van der Waals surface area (Å²) in [5, 5.41) is 30.8. The summed E-state index contributed by atoms with van der Waals surface area (Å²) in [5.41, 5.74) is 1.15. The van der Waals surface area contributed by atoms with E-state index in [0.29, 0.717) is 64.2 Å². The number of ether oxygens (including phenoxy) is 2. The summed E-state index contributed by atoms with van der Waals surface area (Å²) >= 11 is 0. The molecule has 1 aliphatic rings. The molecule has 0 amide bonds. The largest absolute Gasteiger partial charge is 0.463 e. The highest BCUT2D eigenvalue weighted by Gasteiger charge is 2.40. The zero-order valence-electron chi connectivity index (χ0n) is 25.1. The van der Waals surface area contributed by atoms with Gasteiger partial charge in [0.1, 0.15) is 6.10 Å². The highest BCUT2D eigenvalue weighted by molar-refractivity contribution is 5.69. The minimum atomic E-state index is -0.818. The molecule has 42 heavy (non-hydrogen) atoms. The number of unbranched alkanes of at least 4 members (excludes halogenated alkanes) is 3. The summed E-state index contributed by atoms with van der Waals surface area (Å²) in [6.45, 7) is 3.67. The monoisotopic (exact) mass is 591 g/mol. The standard InChI is InChI=1S/C32H49NO9/c1-24(2)41-31(36)16-10-4-3-9-15-27-28(30(35)23-29(27)34)21-20-26(19-18-25-13-7-5-8-14-25)42-32(37)17-11-6-12-22-40-33(38)39/h3,5,7-9,13-14,24,26-30,34-35H,4,6,10-12,15-23H2,1-2H3/b9-3-/t26-,27+,28+,29-,30+/m0/s1. The van der Waals surface area contributed by atoms with Crippen LogP contribution in [0.3, 0.4) is 0 Å². The van der Waals surface area contributed by atoms with Gasteiger partial charge in [-0.1, -0.05) is 48.9 Å². The molecule has 0 heterocycles. The molecule has 10 heteroatoms. The van der Waals surface area contributed by atoms with E-state index in [1.54, 1.807) is 0 Å². The smallest absolute Gasteiger partial charge is 0.306 e. The number of nitrogens with zero attached hydrogens (tertiary/aromatic N) is 1. The van der Waals surface area contributed by atoms with Crippen LogP contribution in [0.5, 0.6) is 0 Å². The molecule has 1 aromatic rings. The van der Waals surface area contributed by atoms with Crippen molar-refractivity contribution in [3.63, 3.8) is 0 Å². The van der Waals surface area contributed by atoms with E-state index >= 15 is 0 Å². The van der Waals surface area contributed by atoms with Gasteiger partial charge in [-0.3, -0.25) is 9.59 Å². The molecule has 236 valence electrons. The van der Waals surface area contributed by atoms with E-state index in [4.69, 9.17) is 9.47 Å². The maximum atomic E-state index is 12.6. The molecule has 1 aromatic carbocycles. The second-order valence-electron chi connectivity index (χ2n) is 11.4. The maximum Gasteiger partial charge on any atom is 0.306 e. The Morgan fingerprint density at radius 3 is 2.36 bits per heavy atom. The van der Waals surface area contributed by atoms with Gasteiger partial charge in [-0.2, -0.15) is 0 Å². The number of carbonyl (C=O) groups excluding carboxylic acids is 2. The van der Waals surface area contributed by atoms with Crippen LogP contribution in [0.4, 0.5) is 0 Å². The molecule has 2 rings (SSSR count). The van der Waals surface area contributed by atoms with E-state index in [-0.39, 0.29) is 49.0 Å². The second kappa shape index (κ2) is 20.0. The van der Waals surface area contributed by atoms with E-state index in [2.05, 4.69) is 4.84 Å². The van der Waals surface area contributed by atoms with Gasteiger partial charge < -0.3 is 24.5 Å². The van der Waals surface area contributed by atoms with E-state index in [1.807, 2.05) is 56.3 Å². The number of hydrogen-bond acceptors (Lipinski definition) is 9. The first-order valence-electron chi connectivity index (χ1n) is 15.4. The van der Waals surface area contributed by atoms with Crippen molar-refractivity contribution in [1.29, 1.82) is 0 Å². The molecule has 5 atom stereocenters. The normalized spacial score (nSPS) is 21.0. The third-order valence-electron chi connectivity index (χ3n) is 7.65. The Bertz CT molecular complexity index is 953. The van der Waals surface area contributed by atoms with Crippen molar-refractivity contribution in [2.75, 3.05) is 6.61 Å². The molecule has 0 aromatic heterocycles. The van der Waals surface area contributed by atoms with Crippen LogP contribution >= 0.6 is 0 Å². The summed E-state index contributed by atoms with van der Waals surface area (Å²) in [6, 6.07) is 9.99. The molecule has 0 saturated heterocycles. The average molecular weight is 592 g/mol. The fourth-order valence-electron chi connectivity index (χ4n) is 5.51. The Labute approximate surface area is 249 Å². The summed E-state index contributed by atoms with van der Waals surface area (Å²) in [4.78, 5) is 38.8. The van der Waals surface area contributed by atoms with Crippen LogP contribution in [-0.2, 0) is 30.3 Å². The van der Waals surface area contributed by atoms with E-state index in [1.165, 1.54) is 0 Å². The maximum absolute atomic E-state index is 12.6. The summed E-state index contributed by atoms with van der Waals surface area (Å²) in [5.74, 6) is -0.691. The molecule has 0 radical (unpaired) electrons. The van der Waals surface area contributed by atoms with Crippen molar-refractivity contribution in [3.05, 3.63) is 58.2 Å². The molecule has 1 saturated carbocycles. The zero-order valence-corrected chi connectivity index (χ0v) is 25.1. The molecule has 2 N–H and O–H groups in total. The van der Waals surface area contributed by atoms with Crippen LogP contribution in [0.1, 0.15) is 96.5 Å². The van der Waals surface area contributed by atoms with Crippen LogP contribution in [-0.4, -0.2) is 58.3 Å². The lowest BCUT2D eigenvalue weighted by Gasteiger charge is -2.25. The van der Waals surface area contributed by atoms with Gasteiger partial charge in [0, 0.05) is 12.8 Å². The fraction of sp³-hybridized carbons (Fsp3) is 0.688. The number of aliphatic hydroxyl groups excluding tert-OH is 2. The SMILES string of the molecule is CC(C)OC(=O)CCC/C=C\C[C@@H]1[C@@H](CC[C@H](CCc2ccccc2)OC(=O)CCCCCO[N+](=O)[O-])[C@H](O)C[C@@H]1O. The number of aryl methyl sites for hydroxylation is 1. The van der Waals surface area contributed by atoms with Gasteiger partial charge in [0.05, 0.1) is 24.9 Å². The summed E-state index contributed by atoms with van der Waals surface area (Å²) in [7, 11) is 0. The number of benzene rings is 1. The summed E-state index contributed by atoms with van der Waals surface area (Å²) < 4.78 is 11.0. The van der Waals surface area contributed by atoms with Gasteiger partial charge in [0.15, 0.2) is 0 Å². The van der Waals surface area contributed by atoms with Gasteiger partial charge in [0.2, 0.25) is 0 Å². The highest BCUT2D eigenvalue weighted by atomic mass is 16.9. The Morgan fingerprint density at radius 1 is 0.952 bits per heavy atom. The van der Waals surface area contributed by atoms with Crippen LogP contribution in [0, 0.1) is 22.0 Å². The number of rotatable bonds is 21. The number of esters is 2. The molecular weight excluding hydrogens is 542 g/mol. The number of hydrogen-bond donors (Lipinski definition) is 2. The number of allylic oxidation sites excluding steroid dienone is 2. The first kappa shape index (κ1) is 35.2. The number of aliphatic hydroxyl groups is 2. The summed E-state index contributed by atoms with van der Waals surface area (Å²) in [6.07, 6.45) is 9.70. The van der Waals surface area contributed by atoms with Crippen molar-refractivity contribution >= 4 is 11.9 Å². The van der Waals surface area contributed by atoms with Crippen LogP contribution < -0.4 is 0 Å². The lowest BCUT2D eigenvalue weighted by molar-refractivity contribution is -0.757. The van der Waals surface area contributed by atoms with Crippen LogP contribution in [0.25, 0.3) is 0 Å². The van der Waals surface area contributed by atoms with Crippen LogP contribution in [0.15, 0.2) is 42.5 Å². The van der Waals surface area contributed by atoms with Crippen molar-refractivity contribution in [2.24, 2.45) is 11.8 Å². The van der Waals surface area contributed by atoms with Crippen molar-refractivity contribution in [2.45, 2.75) is 122 Å². The first-order chi connectivity index (χ1) is 20.2. The van der Waals surface area contributed by atoms with Gasteiger partial charge in [0.25, 0.3) is 5.09 Å². The van der Waals surface area contributed by atoms with Gasteiger partial charge in [-0.25, -0.2) is 0 Å². The van der Waals surface area contributed by atoms with Crippen LogP contribution in [0.2, 0.25) is 0 Å². The molecule has 1 fully saturated rings. The van der Waals surface area contributed by atoms with Gasteiger partial charge >= 0.3 is 11.9 Å². The Hall–Kier alpha value is -2.98. The van der Waals surface area contributed by atoms with E-state index in [0.717, 1.165) is 18.4 Å². The fourth-order valence-corrected chi connectivity index (χ4v) is 5.51. The molecule has 10 nitrogen and oxygen atoms in total. The van der Waals surface area contributed by atoms with Gasteiger partial charge in [-0.05, 0) is 95.5 Å². The molecule has 0 aliphatic heterocycles. The minimum Gasteiger partial charge on any atom is -0.463 e. The first-order valence-corrected chi connectivity index (χ1v) is 15.4. The predicted molar refractivity (Wildman–Crippen MR) is 158 cm³/mol. The van der Waals surface area contributed by atoms with Crippen molar-refractivity contribution in [1.82, 2.24) is 0 Å². The Kier molecular flexibility index (Phi) is 16.8. The molecule has 1 aliphatic carbocycles. The second-order valence-corrected chi connectivity index (χ2v) is 11.4. The number of carbonyl (C=O) groups is 2. The minimum absolute atomic E-state index is 0.0145. The third kappa shape index (κ3) is 14.8.